The Bertz CT molecular complexity index is 345. The monoisotopic (exact) mass is 218 g/mol. The molecule has 1 fully saturated rings. The van der Waals surface area contributed by atoms with E-state index in [0.29, 0.717) is 0 Å². The molecule has 2 atom stereocenters. The van der Waals surface area contributed by atoms with E-state index >= 15 is 0 Å². The van der Waals surface area contributed by atoms with Crippen LogP contribution in [0.15, 0.2) is 30.3 Å². The standard InChI is InChI=1S/C14H18O2/c1-11-7-9-13(14(15)16-11)10-8-12-5-3-2-4-6-12/h2-6,11,13H,7-10H2,1H3. The van der Waals surface area contributed by atoms with E-state index < -0.39 is 0 Å². The molecule has 0 saturated carbocycles. The summed E-state index contributed by atoms with van der Waals surface area (Å²) < 4.78 is 5.25. The molecule has 2 unspecified atom stereocenters. The number of hydrogen-bond acceptors (Lipinski definition) is 2. The second-order valence-corrected chi connectivity index (χ2v) is 4.55. The summed E-state index contributed by atoms with van der Waals surface area (Å²) in [5, 5.41) is 0. The third kappa shape index (κ3) is 2.84. The first kappa shape index (κ1) is 11.2. The Labute approximate surface area is 96.6 Å². The van der Waals surface area contributed by atoms with E-state index in [1.165, 1.54) is 5.56 Å². The lowest BCUT2D eigenvalue weighted by molar-refractivity contribution is -0.159. The van der Waals surface area contributed by atoms with Crippen LogP contribution in [0.25, 0.3) is 0 Å². The van der Waals surface area contributed by atoms with Crippen molar-refractivity contribution in [1.29, 1.82) is 0 Å². The predicted molar refractivity (Wildman–Crippen MR) is 63.0 cm³/mol. The van der Waals surface area contributed by atoms with Gasteiger partial charge in [0, 0.05) is 0 Å². The van der Waals surface area contributed by atoms with Crippen molar-refractivity contribution in [2.45, 2.75) is 38.7 Å². The molecule has 0 aliphatic carbocycles. The van der Waals surface area contributed by atoms with Gasteiger partial charge in [-0.1, -0.05) is 30.3 Å². The lowest BCUT2D eigenvalue weighted by atomic mass is 9.92. The van der Waals surface area contributed by atoms with E-state index in [-0.39, 0.29) is 18.0 Å². The van der Waals surface area contributed by atoms with Crippen LogP contribution in [0.4, 0.5) is 0 Å². The van der Waals surface area contributed by atoms with Crippen molar-refractivity contribution in [2.75, 3.05) is 0 Å². The Morgan fingerprint density at radius 3 is 2.69 bits per heavy atom. The molecule has 0 amide bonds. The molecule has 2 rings (SSSR count). The van der Waals surface area contributed by atoms with Crippen molar-refractivity contribution < 1.29 is 9.53 Å². The van der Waals surface area contributed by atoms with Crippen molar-refractivity contribution in [3.63, 3.8) is 0 Å². The largest absolute Gasteiger partial charge is 0.462 e. The first-order valence-corrected chi connectivity index (χ1v) is 6.00. The molecule has 0 aromatic heterocycles. The van der Waals surface area contributed by atoms with Crippen LogP contribution in [0.5, 0.6) is 0 Å². The molecule has 1 aromatic rings. The summed E-state index contributed by atoms with van der Waals surface area (Å²) in [6.45, 7) is 1.96. The van der Waals surface area contributed by atoms with Gasteiger partial charge in [-0.05, 0) is 38.2 Å². The van der Waals surface area contributed by atoms with Crippen molar-refractivity contribution >= 4 is 5.97 Å². The van der Waals surface area contributed by atoms with Gasteiger partial charge in [-0.15, -0.1) is 0 Å². The second-order valence-electron chi connectivity index (χ2n) is 4.55. The van der Waals surface area contributed by atoms with Crippen LogP contribution in [0.3, 0.4) is 0 Å². The molecule has 1 aliphatic heterocycles. The Kier molecular flexibility index (Phi) is 3.60. The van der Waals surface area contributed by atoms with Crippen molar-refractivity contribution in [3.8, 4) is 0 Å². The zero-order chi connectivity index (χ0) is 11.4. The minimum absolute atomic E-state index is 0.00492. The van der Waals surface area contributed by atoms with Gasteiger partial charge >= 0.3 is 5.97 Å². The van der Waals surface area contributed by atoms with Gasteiger partial charge in [0.25, 0.3) is 0 Å². The fourth-order valence-corrected chi connectivity index (χ4v) is 2.15. The van der Waals surface area contributed by atoms with E-state index in [2.05, 4.69) is 12.1 Å². The molecule has 16 heavy (non-hydrogen) atoms. The third-order valence-corrected chi connectivity index (χ3v) is 3.20. The molecule has 1 aliphatic rings. The normalized spacial score (nSPS) is 25.2. The highest BCUT2D eigenvalue weighted by Gasteiger charge is 2.27. The zero-order valence-electron chi connectivity index (χ0n) is 9.69. The Morgan fingerprint density at radius 2 is 2.00 bits per heavy atom. The summed E-state index contributed by atoms with van der Waals surface area (Å²) in [4.78, 5) is 11.6. The number of hydrogen-bond donors (Lipinski definition) is 0. The van der Waals surface area contributed by atoms with E-state index in [9.17, 15) is 4.79 Å². The predicted octanol–water partition coefficient (Wildman–Crippen LogP) is 2.96. The Hall–Kier alpha value is -1.31. The topological polar surface area (TPSA) is 26.3 Å². The number of cyclic esters (lactones) is 1. The van der Waals surface area contributed by atoms with Gasteiger partial charge in [0.2, 0.25) is 0 Å². The van der Waals surface area contributed by atoms with Crippen LogP contribution in [0.2, 0.25) is 0 Å². The smallest absolute Gasteiger partial charge is 0.309 e. The maximum Gasteiger partial charge on any atom is 0.309 e. The molecule has 2 heteroatoms. The number of rotatable bonds is 3. The van der Waals surface area contributed by atoms with Gasteiger partial charge in [0.15, 0.2) is 0 Å². The molecule has 86 valence electrons. The van der Waals surface area contributed by atoms with Gasteiger partial charge in [0.05, 0.1) is 12.0 Å². The average Bonchev–Trinajstić information content (AvgIpc) is 2.29. The van der Waals surface area contributed by atoms with Crippen LogP contribution in [0.1, 0.15) is 31.7 Å². The highest BCUT2D eigenvalue weighted by atomic mass is 16.5. The minimum Gasteiger partial charge on any atom is -0.462 e. The molecule has 0 spiro atoms. The SMILES string of the molecule is CC1CCC(CCc2ccccc2)C(=O)O1. The highest BCUT2D eigenvalue weighted by molar-refractivity contribution is 5.73. The van der Waals surface area contributed by atoms with E-state index in [0.717, 1.165) is 25.7 Å². The molecule has 0 bridgehead atoms. The first-order valence-electron chi connectivity index (χ1n) is 6.00. The van der Waals surface area contributed by atoms with Crippen LogP contribution >= 0.6 is 0 Å². The summed E-state index contributed by atoms with van der Waals surface area (Å²) in [5.41, 5.74) is 1.30. The van der Waals surface area contributed by atoms with E-state index in [1.807, 2.05) is 25.1 Å². The number of benzene rings is 1. The third-order valence-electron chi connectivity index (χ3n) is 3.20. The fourth-order valence-electron chi connectivity index (χ4n) is 2.15. The average molecular weight is 218 g/mol. The Morgan fingerprint density at radius 1 is 1.25 bits per heavy atom. The molecular weight excluding hydrogens is 200 g/mol. The second kappa shape index (κ2) is 5.15. The molecule has 0 N–H and O–H groups in total. The van der Waals surface area contributed by atoms with Gasteiger partial charge < -0.3 is 4.74 Å². The quantitative estimate of drug-likeness (QED) is 0.729. The van der Waals surface area contributed by atoms with Crippen LogP contribution in [0, 0.1) is 5.92 Å². The van der Waals surface area contributed by atoms with Crippen molar-refractivity contribution in [3.05, 3.63) is 35.9 Å². The molecule has 0 radical (unpaired) electrons. The van der Waals surface area contributed by atoms with Crippen LogP contribution in [-0.4, -0.2) is 12.1 Å². The molecule has 1 aromatic carbocycles. The number of carbonyl (C=O) groups is 1. The zero-order valence-corrected chi connectivity index (χ0v) is 9.69. The van der Waals surface area contributed by atoms with Gasteiger partial charge in [-0.2, -0.15) is 0 Å². The maximum absolute atomic E-state index is 11.6. The highest BCUT2D eigenvalue weighted by Crippen LogP contribution is 2.24. The van der Waals surface area contributed by atoms with E-state index in [4.69, 9.17) is 4.74 Å². The fraction of sp³-hybridized carbons (Fsp3) is 0.500. The van der Waals surface area contributed by atoms with Crippen LogP contribution in [-0.2, 0) is 16.0 Å². The first-order chi connectivity index (χ1) is 7.75. The van der Waals surface area contributed by atoms with Gasteiger partial charge in [-0.3, -0.25) is 4.79 Å². The maximum atomic E-state index is 11.6. The molecule has 2 nitrogen and oxygen atoms in total. The summed E-state index contributed by atoms with van der Waals surface area (Å²) in [5.74, 6) is 0.103. The molecular formula is C14H18O2. The summed E-state index contributed by atoms with van der Waals surface area (Å²) >= 11 is 0. The van der Waals surface area contributed by atoms with Crippen molar-refractivity contribution in [1.82, 2.24) is 0 Å². The molecule has 1 saturated heterocycles. The summed E-state index contributed by atoms with van der Waals surface area (Å²) in [7, 11) is 0. The number of aryl methyl sites for hydroxylation is 1. The van der Waals surface area contributed by atoms with Crippen LogP contribution < -0.4 is 0 Å². The minimum atomic E-state index is -0.00492. The molecule has 1 heterocycles. The van der Waals surface area contributed by atoms with Crippen molar-refractivity contribution in [2.24, 2.45) is 5.92 Å². The van der Waals surface area contributed by atoms with Gasteiger partial charge in [-0.25, -0.2) is 0 Å². The van der Waals surface area contributed by atoms with E-state index in [1.54, 1.807) is 0 Å². The number of esters is 1. The summed E-state index contributed by atoms with van der Waals surface area (Å²) in [6, 6.07) is 10.3. The number of carbonyl (C=O) groups excluding carboxylic acids is 1. The lowest BCUT2D eigenvalue weighted by Crippen LogP contribution is -2.29. The number of ether oxygens (including phenoxy) is 1. The summed E-state index contributed by atoms with van der Waals surface area (Å²) in [6.07, 6.45) is 3.98. The Balaban J connectivity index is 1.84. The van der Waals surface area contributed by atoms with Gasteiger partial charge in [0.1, 0.15) is 0 Å². The lowest BCUT2D eigenvalue weighted by Gasteiger charge is -2.25.